The molecule has 3 fully saturated rings. The van der Waals surface area contributed by atoms with E-state index in [0.29, 0.717) is 17.3 Å². The fourth-order valence-corrected chi connectivity index (χ4v) is 4.00. The van der Waals surface area contributed by atoms with Gasteiger partial charge in [0.05, 0.1) is 11.8 Å². The summed E-state index contributed by atoms with van der Waals surface area (Å²) in [6.07, 6.45) is 6.78. The van der Waals surface area contributed by atoms with Gasteiger partial charge in [-0.25, -0.2) is 0 Å². The lowest BCUT2D eigenvalue weighted by atomic mass is 9.85. The topological polar surface area (TPSA) is 46.2 Å². The quantitative estimate of drug-likeness (QED) is 0.445. The molecule has 1 aliphatic heterocycles. The number of amides is 2. The van der Waals surface area contributed by atoms with Crippen LogP contribution in [-0.4, -0.2) is 11.8 Å². The van der Waals surface area contributed by atoms with E-state index >= 15 is 0 Å². The number of nitrogens with one attached hydrogen (secondary N) is 1. The monoisotopic (exact) mass is 189 g/mol. The summed E-state index contributed by atoms with van der Waals surface area (Å²) in [5.41, 5.74) is 0.336. The molecule has 1 spiro atoms. The summed E-state index contributed by atoms with van der Waals surface area (Å²) in [5.74, 6) is 0.624. The van der Waals surface area contributed by atoms with Crippen LogP contribution in [0.25, 0.3) is 0 Å². The Morgan fingerprint density at radius 3 is 2.00 bits per heavy atom. The van der Waals surface area contributed by atoms with Crippen LogP contribution in [0, 0.1) is 29.1 Å². The van der Waals surface area contributed by atoms with Crippen LogP contribution in [0.3, 0.4) is 0 Å². The number of allylic oxidation sites excluding steroid dienone is 2. The van der Waals surface area contributed by atoms with Crippen LogP contribution < -0.4 is 5.32 Å². The van der Waals surface area contributed by atoms with Crippen molar-refractivity contribution in [1.29, 1.82) is 0 Å². The highest BCUT2D eigenvalue weighted by Gasteiger charge is 2.71. The largest absolute Gasteiger partial charge is 0.296 e. The smallest absolute Gasteiger partial charge is 0.231 e. The molecule has 72 valence electrons. The molecule has 3 nitrogen and oxygen atoms in total. The van der Waals surface area contributed by atoms with Crippen LogP contribution in [0.15, 0.2) is 12.2 Å². The molecule has 2 bridgehead atoms. The average molecular weight is 189 g/mol. The van der Waals surface area contributed by atoms with E-state index < -0.39 is 0 Å². The third kappa shape index (κ3) is 0.527. The van der Waals surface area contributed by atoms with Gasteiger partial charge in [0, 0.05) is 0 Å². The normalized spacial score (nSPS) is 50.0. The molecule has 1 N–H and O–H groups in total. The molecule has 3 heteroatoms. The molecule has 0 aromatic heterocycles. The Kier molecular flexibility index (Phi) is 0.932. The van der Waals surface area contributed by atoms with E-state index in [2.05, 4.69) is 17.5 Å². The van der Waals surface area contributed by atoms with Crippen molar-refractivity contribution in [3.63, 3.8) is 0 Å². The molecule has 0 aromatic carbocycles. The number of imide groups is 1. The third-order valence-corrected chi connectivity index (χ3v) is 4.69. The summed E-state index contributed by atoms with van der Waals surface area (Å²) in [5, 5.41) is 2.47. The molecule has 4 aliphatic rings. The lowest BCUT2D eigenvalue weighted by molar-refractivity contribution is -0.127. The molecular formula is C11H11NO2. The van der Waals surface area contributed by atoms with E-state index in [4.69, 9.17) is 0 Å². The van der Waals surface area contributed by atoms with Gasteiger partial charge < -0.3 is 0 Å². The van der Waals surface area contributed by atoms with Crippen molar-refractivity contribution in [3.05, 3.63) is 12.2 Å². The van der Waals surface area contributed by atoms with Gasteiger partial charge in [-0.3, -0.25) is 14.9 Å². The maximum atomic E-state index is 11.6. The van der Waals surface area contributed by atoms with Crippen LogP contribution >= 0.6 is 0 Å². The molecule has 0 unspecified atom stereocenters. The van der Waals surface area contributed by atoms with Crippen molar-refractivity contribution in [2.24, 2.45) is 29.1 Å². The first-order chi connectivity index (χ1) is 6.74. The molecule has 0 radical (unpaired) electrons. The van der Waals surface area contributed by atoms with Crippen LogP contribution in [0.1, 0.15) is 12.8 Å². The summed E-state index contributed by atoms with van der Waals surface area (Å²) in [7, 11) is 0. The molecule has 1 heterocycles. The van der Waals surface area contributed by atoms with Gasteiger partial charge in [-0.2, -0.15) is 0 Å². The van der Waals surface area contributed by atoms with Gasteiger partial charge in [0.25, 0.3) is 0 Å². The Hall–Kier alpha value is -1.12. The Morgan fingerprint density at radius 1 is 1.07 bits per heavy atom. The van der Waals surface area contributed by atoms with Crippen molar-refractivity contribution in [3.8, 4) is 0 Å². The molecule has 1 saturated heterocycles. The second-order valence-electron chi connectivity index (χ2n) is 5.07. The van der Waals surface area contributed by atoms with Gasteiger partial charge in [0.2, 0.25) is 11.8 Å². The van der Waals surface area contributed by atoms with Crippen molar-refractivity contribution < 1.29 is 9.59 Å². The first-order valence-corrected chi connectivity index (χ1v) is 5.27. The number of hydrogen-bond donors (Lipinski definition) is 1. The fraction of sp³-hybridized carbons (Fsp3) is 0.636. The summed E-state index contributed by atoms with van der Waals surface area (Å²) >= 11 is 0. The van der Waals surface area contributed by atoms with Gasteiger partial charge in [0.1, 0.15) is 0 Å². The molecule has 2 amide bonds. The Morgan fingerprint density at radius 2 is 1.57 bits per heavy atom. The Balaban J connectivity index is 1.89. The third-order valence-electron chi connectivity index (χ3n) is 4.69. The summed E-state index contributed by atoms with van der Waals surface area (Å²) in [6, 6.07) is 0. The fourth-order valence-electron chi connectivity index (χ4n) is 4.00. The zero-order chi connectivity index (χ0) is 9.50. The SMILES string of the molecule is O=C1NC(=O)[C@H]2[C@H]1[C@H]1C=C[C@@H]2C12CC2. The lowest BCUT2D eigenvalue weighted by Crippen LogP contribution is -2.28. The van der Waals surface area contributed by atoms with Gasteiger partial charge in [-0.05, 0) is 30.1 Å². The summed E-state index contributed by atoms with van der Waals surface area (Å²) < 4.78 is 0. The van der Waals surface area contributed by atoms with Crippen molar-refractivity contribution in [1.82, 2.24) is 5.32 Å². The second-order valence-corrected chi connectivity index (χ2v) is 5.07. The highest BCUT2D eigenvalue weighted by molar-refractivity contribution is 6.06. The van der Waals surface area contributed by atoms with Crippen molar-refractivity contribution in [2.45, 2.75) is 12.8 Å². The van der Waals surface area contributed by atoms with Crippen LogP contribution in [0.4, 0.5) is 0 Å². The van der Waals surface area contributed by atoms with Gasteiger partial charge in [0.15, 0.2) is 0 Å². The molecular weight excluding hydrogens is 178 g/mol. The maximum Gasteiger partial charge on any atom is 0.231 e. The van der Waals surface area contributed by atoms with E-state index in [0.717, 1.165) is 0 Å². The minimum atomic E-state index is -0.0278. The zero-order valence-electron chi connectivity index (χ0n) is 7.69. The van der Waals surface area contributed by atoms with E-state index in [9.17, 15) is 9.59 Å². The molecule has 4 atom stereocenters. The maximum absolute atomic E-state index is 11.6. The van der Waals surface area contributed by atoms with Crippen molar-refractivity contribution >= 4 is 11.8 Å². The summed E-state index contributed by atoms with van der Waals surface area (Å²) in [6.45, 7) is 0. The molecule has 14 heavy (non-hydrogen) atoms. The van der Waals surface area contributed by atoms with E-state index in [1.807, 2.05) is 0 Å². The first kappa shape index (κ1) is 7.21. The molecule has 3 aliphatic carbocycles. The molecule has 0 aromatic rings. The van der Waals surface area contributed by atoms with Crippen LogP contribution in [0.5, 0.6) is 0 Å². The number of rotatable bonds is 0. The Labute approximate surface area is 81.5 Å². The predicted octanol–water partition coefficient (Wildman–Crippen LogP) is 0.471. The van der Waals surface area contributed by atoms with Crippen LogP contribution in [-0.2, 0) is 9.59 Å². The van der Waals surface area contributed by atoms with E-state index in [1.54, 1.807) is 0 Å². The minimum absolute atomic E-state index is 0.0249. The van der Waals surface area contributed by atoms with E-state index in [1.165, 1.54) is 12.8 Å². The van der Waals surface area contributed by atoms with Crippen molar-refractivity contribution in [2.75, 3.05) is 0 Å². The number of carbonyl (C=O) groups excluding carboxylic acids is 2. The highest BCUT2D eigenvalue weighted by Crippen LogP contribution is 2.72. The van der Waals surface area contributed by atoms with Crippen LogP contribution in [0.2, 0.25) is 0 Å². The molecule has 2 saturated carbocycles. The molecule has 4 rings (SSSR count). The zero-order valence-corrected chi connectivity index (χ0v) is 7.69. The highest BCUT2D eigenvalue weighted by atomic mass is 16.2. The van der Waals surface area contributed by atoms with E-state index in [-0.39, 0.29) is 23.7 Å². The Bertz CT molecular complexity index is 362. The van der Waals surface area contributed by atoms with Gasteiger partial charge in [-0.1, -0.05) is 12.2 Å². The number of hydrogen-bond acceptors (Lipinski definition) is 2. The second kappa shape index (κ2) is 1.81. The summed E-state index contributed by atoms with van der Waals surface area (Å²) in [4.78, 5) is 23.2. The standard InChI is InChI=1S/C11H11NO2/c13-9-7-5-1-2-6(11(5)3-4-11)8(7)10(14)12-9/h1-2,5-8H,3-4H2,(H,12,13,14)/t5-,6+,7-,8-/m1/s1. The minimum Gasteiger partial charge on any atom is -0.296 e. The number of fused-ring (bicyclic) bond motifs is 3. The lowest BCUT2D eigenvalue weighted by Gasteiger charge is -2.15. The first-order valence-electron chi connectivity index (χ1n) is 5.27. The predicted molar refractivity (Wildman–Crippen MR) is 47.9 cm³/mol. The van der Waals surface area contributed by atoms with Gasteiger partial charge >= 0.3 is 0 Å². The average Bonchev–Trinajstić information content (AvgIpc) is 2.72. The number of carbonyl (C=O) groups is 2. The van der Waals surface area contributed by atoms with Gasteiger partial charge in [-0.15, -0.1) is 0 Å².